The molecule has 2 fully saturated rings. The number of benzene rings is 2. The molecule has 138 valence electrons. The maximum absolute atomic E-state index is 12.0. The molecule has 6 heteroatoms. The number of quaternary nitrogens is 2. The fourth-order valence-electron chi connectivity index (χ4n) is 3.83. The molecule has 1 saturated carbocycles. The quantitative estimate of drug-likeness (QED) is 0.545. The lowest BCUT2D eigenvalue weighted by atomic mass is 10.0. The van der Waals surface area contributed by atoms with Crippen LogP contribution in [0, 0.1) is 0 Å². The van der Waals surface area contributed by atoms with E-state index in [-0.39, 0.29) is 5.91 Å². The second-order valence-electron chi connectivity index (χ2n) is 7.62. The number of rotatable bonds is 5. The number of fused-ring (bicyclic) bond motifs is 1. The lowest BCUT2D eigenvalue weighted by Crippen LogP contribution is -3.28. The summed E-state index contributed by atoms with van der Waals surface area (Å²) >= 11 is 3.52. The summed E-state index contributed by atoms with van der Waals surface area (Å²) in [7, 11) is 0. The molecule has 2 aromatic carbocycles. The molecule has 1 heterocycles. The summed E-state index contributed by atoms with van der Waals surface area (Å²) in [4.78, 5) is 14.8. The first-order valence-corrected chi connectivity index (χ1v) is 10.2. The molecule has 0 atom stereocenters. The molecular weight excluding hydrogens is 394 g/mol. The van der Waals surface area contributed by atoms with Gasteiger partial charge in [0.05, 0.1) is 5.56 Å². The van der Waals surface area contributed by atoms with Crippen molar-refractivity contribution in [2.24, 2.45) is 0 Å². The number of amides is 1. The van der Waals surface area contributed by atoms with Crippen LogP contribution in [0.25, 0.3) is 10.8 Å². The third-order valence-corrected chi connectivity index (χ3v) is 6.01. The number of phenolic OH excluding ortho intramolecular Hbond substituents is 1. The predicted molar refractivity (Wildman–Crippen MR) is 104 cm³/mol. The first kappa shape index (κ1) is 17.8. The summed E-state index contributed by atoms with van der Waals surface area (Å²) in [5, 5.41) is 15.7. The molecule has 5 nitrogen and oxygen atoms in total. The van der Waals surface area contributed by atoms with Gasteiger partial charge in [-0.25, -0.2) is 0 Å². The number of hydrogen-bond acceptors (Lipinski definition) is 2. The fourth-order valence-corrected chi connectivity index (χ4v) is 4.21. The van der Waals surface area contributed by atoms with Gasteiger partial charge in [0.15, 0.2) is 6.54 Å². The van der Waals surface area contributed by atoms with Crippen LogP contribution in [0.2, 0.25) is 0 Å². The molecule has 0 unspecified atom stereocenters. The standard InChI is InChI=1S/C20H24BrN3O2/c21-15-2-5-17-14(11-15)1-6-19(25)18(17)12-23-7-9-24(10-8-23)13-20(26)22-16-3-4-16/h1-2,5-6,11,16,25H,3-4,7-10,12-13H2,(H,22,26)/p+2. The zero-order chi connectivity index (χ0) is 18.1. The molecule has 0 aromatic heterocycles. The van der Waals surface area contributed by atoms with E-state index in [1.807, 2.05) is 12.1 Å². The summed E-state index contributed by atoms with van der Waals surface area (Å²) in [6.07, 6.45) is 2.29. The van der Waals surface area contributed by atoms with Crippen molar-refractivity contribution in [3.05, 3.63) is 40.4 Å². The van der Waals surface area contributed by atoms with Gasteiger partial charge in [0.2, 0.25) is 0 Å². The highest BCUT2D eigenvalue weighted by Crippen LogP contribution is 2.28. The molecule has 2 aliphatic rings. The summed E-state index contributed by atoms with van der Waals surface area (Å²) in [5.74, 6) is 0.578. The van der Waals surface area contributed by atoms with Crippen LogP contribution in [0.4, 0.5) is 0 Å². The van der Waals surface area contributed by atoms with Gasteiger partial charge in [0, 0.05) is 10.5 Å². The first-order chi connectivity index (χ1) is 12.6. The minimum Gasteiger partial charge on any atom is -0.507 e. The molecule has 4 rings (SSSR count). The van der Waals surface area contributed by atoms with Crippen molar-refractivity contribution in [1.82, 2.24) is 5.32 Å². The van der Waals surface area contributed by atoms with E-state index < -0.39 is 0 Å². The van der Waals surface area contributed by atoms with Crippen LogP contribution >= 0.6 is 15.9 Å². The van der Waals surface area contributed by atoms with Crippen LogP contribution in [0.15, 0.2) is 34.8 Å². The van der Waals surface area contributed by atoms with Crippen molar-refractivity contribution < 1.29 is 19.7 Å². The van der Waals surface area contributed by atoms with Gasteiger partial charge in [-0.15, -0.1) is 0 Å². The molecule has 0 bridgehead atoms. The summed E-state index contributed by atoms with van der Waals surface area (Å²) in [5.41, 5.74) is 1.03. The Balaban J connectivity index is 1.37. The average molecular weight is 420 g/mol. The Morgan fingerprint density at radius 3 is 2.58 bits per heavy atom. The van der Waals surface area contributed by atoms with Gasteiger partial charge in [-0.05, 0) is 41.8 Å². The number of piperazine rings is 1. The van der Waals surface area contributed by atoms with Gasteiger partial charge in [0.1, 0.15) is 38.5 Å². The Labute approximate surface area is 162 Å². The Hall–Kier alpha value is -1.63. The van der Waals surface area contributed by atoms with Crippen molar-refractivity contribution in [3.63, 3.8) is 0 Å². The van der Waals surface area contributed by atoms with Gasteiger partial charge < -0.3 is 20.2 Å². The number of nitrogens with one attached hydrogen (secondary N) is 3. The highest BCUT2D eigenvalue weighted by Gasteiger charge is 2.28. The van der Waals surface area contributed by atoms with Gasteiger partial charge >= 0.3 is 0 Å². The zero-order valence-electron chi connectivity index (χ0n) is 14.9. The smallest absolute Gasteiger partial charge is 0.275 e. The molecule has 26 heavy (non-hydrogen) atoms. The monoisotopic (exact) mass is 419 g/mol. The Kier molecular flexibility index (Phi) is 5.16. The first-order valence-electron chi connectivity index (χ1n) is 9.45. The zero-order valence-corrected chi connectivity index (χ0v) is 16.4. The summed E-state index contributed by atoms with van der Waals surface area (Å²) < 4.78 is 1.05. The second kappa shape index (κ2) is 7.55. The summed E-state index contributed by atoms with van der Waals surface area (Å²) in [6.45, 7) is 5.48. The van der Waals surface area contributed by atoms with Gasteiger partial charge in [-0.3, -0.25) is 4.79 Å². The third kappa shape index (κ3) is 4.19. The van der Waals surface area contributed by atoms with E-state index in [2.05, 4.69) is 33.4 Å². The maximum atomic E-state index is 12.0. The second-order valence-corrected chi connectivity index (χ2v) is 8.54. The van der Waals surface area contributed by atoms with Crippen molar-refractivity contribution in [3.8, 4) is 5.75 Å². The van der Waals surface area contributed by atoms with Crippen LogP contribution in [0.1, 0.15) is 18.4 Å². The van der Waals surface area contributed by atoms with Gasteiger partial charge in [-0.2, -0.15) is 0 Å². The molecule has 1 saturated heterocycles. The molecule has 2 aromatic rings. The van der Waals surface area contributed by atoms with Crippen LogP contribution in [0.3, 0.4) is 0 Å². The van der Waals surface area contributed by atoms with Crippen molar-refractivity contribution in [1.29, 1.82) is 0 Å². The topological polar surface area (TPSA) is 58.2 Å². The largest absolute Gasteiger partial charge is 0.507 e. The van der Waals surface area contributed by atoms with E-state index >= 15 is 0 Å². The van der Waals surface area contributed by atoms with E-state index in [4.69, 9.17) is 0 Å². The third-order valence-electron chi connectivity index (χ3n) is 5.51. The van der Waals surface area contributed by atoms with Crippen LogP contribution in [-0.2, 0) is 11.3 Å². The van der Waals surface area contributed by atoms with Gasteiger partial charge in [-0.1, -0.05) is 28.1 Å². The Bertz CT molecular complexity index is 814. The lowest BCUT2D eigenvalue weighted by Gasteiger charge is -2.29. The van der Waals surface area contributed by atoms with Gasteiger partial charge in [0.25, 0.3) is 5.91 Å². The summed E-state index contributed by atoms with van der Waals surface area (Å²) in [6, 6.07) is 10.4. The minimum atomic E-state index is 0.197. The molecule has 0 radical (unpaired) electrons. The molecule has 0 spiro atoms. The van der Waals surface area contributed by atoms with Crippen molar-refractivity contribution in [2.45, 2.75) is 25.4 Å². The number of halogens is 1. The highest BCUT2D eigenvalue weighted by molar-refractivity contribution is 9.10. The molecule has 1 aliphatic carbocycles. The van der Waals surface area contributed by atoms with E-state index in [9.17, 15) is 9.90 Å². The number of carbonyl (C=O) groups is 1. The predicted octanol–water partition coefficient (Wildman–Crippen LogP) is -0.130. The highest BCUT2D eigenvalue weighted by atomic mass is 79.9. The maximum Gasteiger partial charge on any atom is 0.275 e. The van der Waals surface area contributed by atoms with Crippen LogP contribution in [0.5, 0.6) is 5.75 Å². The van der Waals surface area contributed by atoms with E-state index in [0.29, 0.717) is 18.3 Å². The van der Waals surface area contributed by atoms with E-state index in [1.165, 1.54) is 9.80 Å². The number of phenols is 1. The Morgan fingerprint density at radius 2 is 1.85 bits per heavy atom. The molecule has 4 N–H and O–H groups in total. The number of carbonyl (C=O) groups excluding carboxylic acids is 1. The molecular formula is C20H26BrN3O2+2. The fraction of sp³-hybridized carbons (Fsp3) is 0.450. The van der Waals surface area contributed by atoms with E-state index in [1.54, 1.807) is 6.07 Å². The number of aromatic hydroxyl groups is 1. The number of hydrogen-bond donors (Lipinski definition) is 4. The molecule has 1 amide bonds. The van der Waals surface area contributed by atoms with Crippen LogP contribution < -0.4 is 15.1 Å². The SMILES string of the molecule is O=C(C[NH+]1CC[NH+](Cc2c(O)ccc3cc(Br)ccc23)CC1)NC1CC1. The van der Waals surface area contributed by atoms with Crippen molar-refractivity contribution in [2.75, 3.05) is 32.7 Å². The Morgan fingerprint density at radius 1 is 1.12 bits per heavy atom. The van der Waals surface area contributed by atoms with Crippen molar-refractivity contribution >= 4 is 32.6 Å². The normalized spacial score (nSPS) is 23.1. The van der Waals surface area contributed by atoms with Crippen LogP contribution in [-0.4, -0.2) is 49.8 Å². The lowest BCUT2D eigenvalue weighted by molar-refractivity contribution is -1.02. The molecule has 1 aliphatic heterocycles. The minimum absolute atomic E-state index is 0.197. The average Bonchev–Trinajstić information content (AvgIpc) is 3.43. The van der Waals surface area contributed by atoms with E-state index in [0.717, 1.165) is 66.4 Å².